The predicted octanol–water partition coefficient (Wildman–Crippen LogP) is 5.80. The summed E-state index contributed by atoms with van der Waals surface area (Å²) in [6, 6.07) is 16.5. The van der Waals surface area contributed by atoms with Crippen molar-refractivity contribution in [3.8, 4) is 12.1 Å². The standard InChI is InChI=1S/C27H24N4OS/c28-16-19(26(32)30-27-23(17-29)22-9-3-4-10-25(22)33-27)15-18-11-12-24(31-13-5-6-14-31)21-8-2-1-7-20(18)21/h1-2,7-8,11-12,15H,3-6,9-10,13-14H2,(H,30,32)/b19-15+. The maximum atomic E-state index is 13.0. The molecule has 0 bridgehead atoms. The van der Waals surface area contributed by atoms with E-state index in [1.54, 1.807) is 6.08 Å². The molecule has 2 heterocycles. The largest absolute Gasteiger partial charge is 0.371 e. The van der Waals surface area contributed by atoms with Crippen LogP contribution in [0.1, 0.15) is 47.3 Å². The Morgan fingerprint density at radius 2 is 1.76 bits per heavy atom. The highest BCUT2D eigenvalue weighted by molar-refractivity contribution is 7.16. The van der Waals surface area contributed by atoms with Crippen LogP contribution in [-0.2, 0) is 17.6 Å². The number of carbonyl (C=O) groups excluding carboxylic acids is 1. The number of nitriles is 2. The number of rotatable bonds is 4. The molecule has 2 aromatic carbocycles. The van der Waals surface area contributed by atoms with Gasteiger partial charge >= 0.3 is 0 Å². The van der Waals surface area contributed by atoms with Crippen molar-refractivity contribution in [2.75, 3.05) is 23.3 Å². The molecular weight excluding hydrogens is 428 g/mol. The van der Waals surface area contributed by atoms with Gasteiger partial charge in [0.15, 0.2) is 0 Å². The molecule has 1 aromatic heterocycles. The fraction of sp³-hybridized carbons (Fsp3) is 0.296. The van der Waals surface area contributed by atoms with Crippen LogP contribution in [0.3, 0.4) is 0 Å². The summed E-state index contributed by atoms with van der Waals surface area (Å²) in [7, 11) is 0. The zero-order chi connectivity index (χ0) is 22.8. The summed E-state index contributed by atoms with van der Waals surface area (Å²) in [6.07, 6.45) is 8.05. The number of carbonyl (C=O) groups is 1. The monoisotopic (exact) mass is 452 g/mol. The number of aryl methyl sites for hydroxylation is 1. The molecule has 164 valence electrons. The third-order valence-corrected chi connectivity index (χ3v) is 7.76. The van der Waals surface area contributed by atoms with Gasteiger partial charge in [0.1, 0.15) is 22.7 Å². The minimum absolute atomic E-state index is 0.0318. The lowest BCUT2D eigenvalue weighted by Crippen LogP contribution is -2.17. The first-order chi connectivity index (χ1) is 16.2. The molecule has 6 heteroatoms. The van der Waals surface area contributed by atoms with Crippen molar-refractivity contribution in [2.24, 2.45) is 0 Å². The minimum Gasteiger partial charge on any atom is -0.371 e. The number of nitrogens with zero attached hydrogens (tertiary/aromatic N) is 3. The predicted molar refractivity (Wildman–Crippen MR) is 133 cm³/mol. The van der Waals surface area contributed by atoms with Gasteiger partial charge in [0.05, 0.1) is 5.56 Å². The van der Waals surface area contributed by atoms with Gasteiger partial charge in [-0.1, -0.05) is 30.3 Å². The Morgan fingerprint density at radius 3 is 2.52 bits per heavy atom. The van der Waals surface area contributed by atoms with Gasteiger partial charge in [0.2, 0.25) is 0 Å². The van der Waals surface area contributed by atoms with Crippen molar-refractivity contribution in [3.63, 3.8) is 0 Å². The maximum Gasteiger partial charge on any atom is 0.266 e. The van der Waals surface area contributed by atoms with Crippen molar-refractivity contribution in [1.29, 1.82) is 10.5 Å². The smallest absolute Gasteiger partial charge is 0.266 e. The third kappa shape index (κ3) is 3.99. The van der Waals surface area contributed by atoms with Gasteiger partial charge in [-0.05, 0) is 67.2 Å². The van der Waals surface area contributed by atoms with Gasteiger partial charge < -0.3 is 10.2 Å². The summed E-state index contributed by atoms with van der Waals surface area (Å²) in [4.78, 5) is 16.6. The Balaban J connectivity index is 1.48. The fourth-order valence-electron chi connectivity index (χ4n) is 4.91. The lowest BCUT2D eigenvalue weighted by atomic mass is 9.96. The van der Waals surface area contributed by atoms with Gasteiger partial charge in [0, 0.05) is 29.0 Å². The first-order valence-electron chi connectivity index (χ1n) is 11.4. The number of amides is 1. The molecule has 3 aromatic rings. The van der Waals surface area contributed by atoms with Crippen molar-refractivity contribution in [3.05, 3.63) is 63.5 Å². The zero-order valence-electron chi connectivity index (χ0n) is 18.4. The number of nitrogens with one attached hydrogen (secondary N) is 1. The van der Waals surface area contributed by atoms with E-state index in [4.69, 9.17) is 0 Å². The zero-order valence-corrected chi connectivity index (χ0v) is 19.2. The van der Waals surface area contributed by atoms with Gasteiger partial charge in [-0.3, -0.25) is 4.79 Å². The molecule has 0 saturated carbocycles. The first-order valence-corrected chi connectivity index (χ1v) is 12.3. The molecule has 1 amide bonds. The molecule has 2 aliphatic rings. The van der Waals surface area contributed by atoms with E-state index in [1.807, 2.05) is 24.3 Å². The van der Waals surface area contributed by atoms with Crippen molar-refractivity contribution >= 4 is 44.8 Å². The van der Waals surface area contributed by atoms with E-state index in [1.165, 1.54) is 34.7 Å². The second-order valence-electron chi connectivity index (χ2n) is 8.56. The molecule has 1 aliphatic carbocycles. The van der Waals surface area contributed by atoms with E-state index >= 15 is 0 Å². The molecule has 5 nitrogen and oxygen atoms in total. The Kier molecular flexibility index (Phi) is 5.86. The molecule has 33 heavy (non-hydrogen) atoms. The Morgan fingerprint density at radius 1 is 1.00 bits per heavy atom. The van der Waals surface area contributed by atoms with Gasteiger partial charge in [-0.25, -0.2) is 0 Å². The van der Waals surface area contributed by atoms with E-state index in [-0.39, 0.29) is 5.57 Å². The highest BCUT2D eigenvalue weighted by Gasteiger charge is 2.23. The Labute approximate surface area is 197 Å². The van der Waals surface area contributed by atoms with Crippen LogP contribution in [0.25, 0.3) is 16.8 Å². The Hall–Kier alpha value is -3.61. The summed E-state index contributed by atoms with van der Waals surface area (Å²) >= 11 is 1.47. The molecule has 5 rings (SSSR count). The molecule has 0 unspecified atom stereocenters. The van der Waals surface area contributed by atoms with E-state index in [9.17, 15) is 15.3 Å². The summed E-state index contributed by atoms with van der Waals surface area (Å²) in [6.45, 7) is 2.11. The molecule has 0 atom stereocenters. The molecule has 1 fully saturated rings. The van der Waals surface area contributed by atoms with Crippen molar-refractivity contribution in [1.82, 2.24) is 0 Å². The van der Waals surface area contributed by atoms with Crippen LogP contribution in [0.15, 0.2) is 42.0 Å². The molecule has 1 saturated heterocycles. The summed E-state index contributed by atoms with van der Waals surface area (Å²) in [5.74, 6) is -0.472. The Bertz CT molecular complexity index is 1350. The van der Waals surface area contributed by atoms with Crippen molar-refractivity contribution < 1.29 is 4.79 Å². The molecule has 0 spiro atoms. The van der Waals surface area contributed by atoms with Gasteiger partial charge in [-0.2, -0.15) is 10.5 Å². The molecular formula is C27H24N4OS. The first kappa shape index (κ1) is 21.2. The number of fused-ring (bicyclic) bond motifs is 2. The van der Waals surface area contributed by atoms with Crippen LogP contribution in [-0.4, -0.2) is 19.0 Å². The minimum atomic E-state index is -0.472. The quantitative estimate of drug-likeness (QED) is 0.401. The lowest BCUT2D eigenvalue weighted by Gasteiger charge is -2.20. The van der Waals surface area contributed by atoms with Crippen LogP contribution in [0.2, 0.25) is 0 Å². The molecule has 1 N–H and O–H groups in total. The number of benzene rings is 2. The highest BCUT2D eigenvalue weighted by Crippen LogP contribution is 2.38. The van der Waals surface area contributed by atoms with E-state index < -0.39 is 5.91 Å². The summed E-state index contributed by atoms with van der Waals surface area (Å²) < 4.78 is 0. The highest BCUT2D eigenvalue weighted by atomic mass is 32.1. The van der Waals surface area contributed by atoms with Gasteiger partial charge in [-0.15, -0.1) is 11.3 Å². The summed E-state index contributed by atoms with van der Waals surface area (Å²) in [5, 5.41) is 25.0. The fourth-order valence-corrected chi connectivity index (χ4v) is 6.15. The number of hydrogen-bond acceptors (Lipinski definition) is 5. The number of thiophene rings is 1. The molecule has 0 radical (unpaired) electrons. The average molecular weight is 453 g/mol. The van der Waals surface area contributed by atoms with Crippen molar-refractivity contribution in [2.45, 2.75) is 38.5 Å². The van der Waals surface area contributed by atoms with Gasteiger partial charge in [0.25, 0.3) is 5.91 Å². The third-order valence-electron chi connectivity index (χ3n) is 6.56. The van der Waals surface area contributed by atoms with Crippen LogP contribution >= 0.6 is 11.3 Å². The van der Waals surface area contributed by atoms with E-state index in [0.717, 1.165) is 60.7 Å². The van der Waals surface area contributed by atoms with Crippen LogP contribution in [0.4, 0.5) is 10.7 Å². The number of anilines is 2. The average Bonchev–Trinajstić information content (AvgIpc) is 3.50. The summed E-state index contributed by atoms with van der Waals surface area (Å²) in [5.41, 5.74) is 3.69. The van der Waals surface area contributed by atoms with Crippen LogP contribution < -0.4 is 10.2 Å². The van der Waals surface area contributed by atoms with Crippen LogP contribution in [0.5, 0.6) is 0 Å². The van der Waals surface area contributed by atoms with Crippen LogP contribution in [0, 0.1) is 22.7 Å². The topological polar surface area (TPSA) is 79.9 Å². The SMILES string of the molecule is N#C/C(=C\c1ccc(N2CCCC2)c2ccccc12)C(=O)Nc1sc2c(c1C#N)CCCC2. The maximum absolute atomic E-state index is 13.0. The van der Waals surface area contributed by atoms with E-state index in [2.05, 4.69) is 34.5 Å². The normalized spacial score (nSPS) is 15.7. The molecule has 1 aliphatic heterocycles. The van der Waals surface area contributed by atoms with E-state index in [0.29, 0.717) is 10.6 Å². The number of hydrogen-bond donors (Lipinski definition) is 1. The lowest BCUT2D eigenvalue weighted by molar-refractivity contribution is -0.112. The second kappa shape index (κ2) is 9.10. The second-order valence-corrected chi connectivity index (χ2v) is 9.67.